The van der Waals surface area contributed by atoms with Crippen LogP contribution in [0.3, 0.4) is 0 Å². The van der Waals surface area contributed by atoms with E-state index in [0.29, 0.717) is 25.6 Å². The molecule has 1 aliphatic rings. The molecule has 1 saturated heterocycles. The van der Waals surface area contributed by atoms with Gasteiger partial charge in [-0.1, -0.05) is 6.92 Å². The molecule has 0 unspecified atom stereocenters. The van der Waals surface area contributed by atoms with Gasteiger partial charge in [-0.05, 0) is 48.2 Å². The van der Waals surface area contributed by atoms with E-state index in [1.165, 1.54) is 14.2 Å². The van der Waals surface area contributed by atoms with Gasteiger partial charge in [-0.2, -0.15) is 0 Å². The van der Waals surface area contributed by atoms with Crippen LogP contribution in [-0.4, -0.2) is 37.6 Å². The molecule has 1 aliphatic heterocycles. The monoisotopic (exact) mass is 394 g/mol. The highest BCUT2D eigenvalue weighted by Crippen LogP contribution is 2.26. The maximum absolute atomic E-state index is 12.0. The van der Waals surface area contributed by atoms with Crippen molar-refractivity contribution in [2.75, 3.05) is 18.8 Å². The van der Waals surface area contributed by atoms with Crippen LogP contribution in [0.4, 0.5) is 0 Å². The van der Waals surface area contributed by atoms with E-state index in [1.54, 1.807) is 15.6 Å². The van der Waals surface area contributed by atoms with E-state index in [1.807, 2.05) is 6.92 Å². The largest absolute Gasteiger partial charge is 0.309 e. The highest BCUT2D eigenvalue weighted by Gasteiger charge is 2.26. The Bertz CT molecular complexity index is 544. The minimum Gasteiger partial charge on any atom is -0.309 e. The van der Waals surface area contributed by atoms with Crippen molar-refractivity contribution >= 4 is 37.3 Å². The number of hydrogen-bond donors (Lipinski definition) is 1. The molecule has 0 bridgehead atoms. The maximum Gasteiger partial charge on any atom is 0.214 e. The number of aryl methyl sites for hydroxylation is 1. The Morgan fingerprint density at radius 2 is 2.10 bits per heavy atom. The lowest BCUT2D eigenvalue weighted by Crippen LogP contribution is -2.45. The van der Waals surface area contributed by atoms with Crippen molar-refractivity contribution in [3.8, 4) is 0 Å². The van der Waals surface area contributed by atoms with Crippen molar-refractivity contribution in [2.24, 2.45) is 0 Å². The molecule has 7 heteroatoms. The molecule has 2 rings (SSSR count). The van der Waals surface area contributed by atoms with Crippen molar-refractivity contribution in [1.82, 2.24) is 9.62 Å². The summed E-state index contributed by atoms with van der Waals surface area (Å²) >= 11 is 5.33. The highest BCUT2D eigenvalue weighted by molar-refractivity contribution is 9.10. The fourth-order valence-electron chi connectivity index (χ4n) is 2.58. The molecule has 4 nitrogen and oxygen atoms in total. The van der Waals surface area contributed by atoms with E-state index in [9.17, 15) is 8.42 Å². The molecule has 0 amide bonds. The van der Waals surface area contributed by atoms with Gasteiger partial charge in [0.25, 0.3) is 0 Å². The molecule has 0 aliphatic carbocycles. The fraction of sp³-hybridized carbons (Fsp3) is 0.714. The number of hydrogen-bond acceptors (Lipinski definition) is 4. The smallest absolute Gasteiger partial charge is 0.214 e. The Morgan fingerprint density at radius 1 is 1.43 bits per heavy atom. The van der Waals surface area contributed by atoms with E-state index >= 15 is 0 Å². The van der Waals surface area contributed by atoms with Crippen molar-refractivity contribution in [2.45, 2.75) is 45.7 Å². The number of rotatable bonds is 6. The van der Waals surface area contributed by atoms with Crippen LogP contribution in [0.25, 0.3) is 0 Å². The molecule has 1 aromatic rings. The number of halogens is 1. The molecule has 2 heterocycles. The summed E-state index contributed by atoms with van der Waals surface area (Å²) in [6, 6.07) is 2.58. The Labute approximate surface area is 140 Å². The minimum atomic E-state index is -3.02. The van der Waals surface area contributed by atoms with Crippen LogP contribution in [0.15, 0.2) is 10.5 Å². The highest BCUT2D eigenvalue weighted by atomic mass is 79.9. The van der Waals surface area contributed by atoms with Gasteiger partial charge in [0.05, 0.1) is 5.75 Å². The van der Waals surface area contributed by atoms with Crippen LogP contribution >= 0.6 is 27.3 Å². The second-order valence-corrected chi connectivity index (χ2v) is 9.77. The summed E-state index contributed by atoms with van der Waals surface area (Å²) in [6.45, 7) is 6.17. The van der Waals surface area contributed by atoms with Crippen molar-refractivity contribution in [1.29, 1.82) is 0 Å². The average molecular weight is 395 g/mol. The quantitative estimate of drug-likeness (QED) is 0.805. The average Bonchev–Trinajstić information content (AvgIpc) is 2.76. The summed E-state index contributed by atoms with van der Waals surface area (Å²) in [5.74, 6) is 0.271. The first kappa shape index (κ1) is 17.4. The molecule has 0 atom stereocenters. The topological polar surface area (TPSA) is 49.4 Å². The zero-order valence-corrected chi connectivity index (χ0v) is 15.8. The Kier molecular flexibility index (Phi) is 6.25. The molecule has 1 fully saturated rings. The Balaban J connectivity index is 1.79. The lowest BCUT2D eigenvalue weighted by atomic mass is 10.1. The SMILES string of the molecule is CCCS(=O)(=O)N1CCC(NCc2cc(Br)c(C)s2)CC1. The zero-order valence-electron chi connectivity index (χ0n) is 12.6. The molecule has 0 radical (unpaired) electrons. The normalized spacial score (nSPS) is 18.2. The third-order valence-electron chi connectivity index (χ3n) is 3.78. The van der Waals surface area contributed by atoms with Crippen LogP contribution in [0.2, 0.25) is 0 Å². The van der Waals surface area contributed by atoms with Crippen LogP contribution in [0.1, 0.15) is 35.9 Å². The molecule has 0 spiro atoms. The number of thiophene rings is 1. The number of sulfonamides is 1. The van der Waals surface area contributed by atoms with Gasteiger partial charge in [0.1, 0.15) is 0 Å². The minimum absolute atomic E-state index is 0.271. The lowest BCUT2D eigenvalue weighted by molar-refractivity contribution is 0.289. The number of nitrogens with one attached hydrogen (secondary N) is 1. The van der Waals surface area contributed by atoms with Crippen molar-refractivity contribution in [3.05, 3.63) is 20.3 Å². The fourth-order valence-corrected chi connectivity index (χ4v) is 5.67. The van der Waals surface area contributed by atoms with Crippen molar-refractivity contribution in [3.63, 3.8) is 0 Å². The van der Waals surface area contributed by atoms with Gasteiger partial charge in [0.15, 0.2) is 0 Å². The lowest BCUT2D eigenvalue weighted by Gasteiger charge is -2.31. The predicted octanol–water partition coefficient (Wildman–Crippen LogP) is 3.11. The van der Waals surface area contributed by atoms with Gasteiger partial charge in [-0.15, -0.1) is 11.3 Å². The van der Waals surface area contributed by atoms with Gasteiger partial charge in [-0.3, -0.25) is 0 Å². The first-order valence-electron chi connectivity index (χ1n) is 7.38. The third-order valence-corrected chi connectivity index (χ3v) is 8.00. The number of nitrogens with zero attached hydrogens (tertiary/aromatic N) is 1. The predicted molar refractivity (Wildman–Crippen MR) is 92.3 cm³/mol. The zero-order chi connectivity index (χ0) is 15.5. The van der Waals surface area contributed by atoms with E-state index in [4.69, 9.17) is 0 Å². The first-order valence-corrected chi connectivity index (χ1v) is 10.6. The van der Waals surface area contributed by atoms with Gasteiger partial charge in [0, 0.05) is 39.9 Å². The van der Waals surface area contributed by atoms with E-state index in [2.05, 4.69) is 34.2 Å². The summed E-state index contributed by atoms with van der Waals surface area (Å²) in [5.41, 5.74) is 0. The Hall–Kier alpha value is 0.0500. The molecule has 0 aromatic carbocycles. The molecular formula is C14H23BrN2O2S2. The van der Waals surface area contributed by atoms with Gasteiger partial charge < -0.3 is 5.32 Å². The summed E-state index contributed by atoms with van der Waals surface area (Å²) < 4.78 is 26.9. The van der Waals surface area contributed by atoms with Gasteiger partial charge >= 0.3 is 0 Å². The second kappa shape index (κ2) is 7.55. The Morgan fingerprint density at radius 3 is 2.62 bits per heavy atom. The molecular weight excluding hydrogens is 372 g/mol. The first-order chi connectivity index (χ1) is 9.92. The van der Waals surface area contributed by atoms with E-state index in [-0.39, 0.29) is 5.75 Å². The summed E-state index contributed by atoms with van der Waals surface area (Å²) in [7, 11) is -3.02. The molecule has 120 valence electrons. The molecule has 1 aromatic heterocycles. The van der Waals surface area contributed by atoms with Crippen LogP contribution in [0, 0.1) is 6.92 Å². The summed E-state index contributed by atoms with van der Waals surface area (Å²) in [5, 5.41) is 3.55. The summed E-state index contributed by atoms with van der Waals surface area (Å²) in [4.78, 5) is 2.62. The maximum atomic E-state index is 12.0. The third kappa shape index (κ3) is 4.76. The number of piperidine rings is 1. The second-order valence-electron chi connectivity index (χ2n) is 5.49. The van der Waals surface area contributed by atoms with Gasteiger partial charge in [-0.25, -0.2) is 12.7 Å². The summed E-state index contributed by atoms with van der Waals surface area (Å²) in [6.07, 6.45) is 2.48. The standard InChI is InChI=1S/C14H23BrN2O2S2/c1-3-8-21(18,19)17-6-4-12(5-7-17)16-10-13-9-14(15)11(2)20-13/h9,12,16H,3-8,10H2,1-2H3. The van der Waals surface area contributed by atoms with Crippen molar-refractivity contribution < 1.29 is 8.42 Å². The molecule has 1 N–H and O–H groups in total. The van der Waals surface area contributed by atoms with E-state index in [0.717, 1.165) is 19.4 Å². The van der Waals surface area contributed by atoms with Gasteiger partial charge in [0.2, 0.25) is 10.0 Å². The van der Waals surface area contributed by atoms with Crippen LogP contribution < -0.4 is 5.32 Å². The van der Waals surface area contributed by atoms with Crippen LogP contribution in [0.5, 0.6) is 0 Å². The van der Waals surface area contributed by atoms with Crippen LogP contribution in [-0.2, 0) is 16.6 Å². The molecule has 21 heavy (non-hydrogen) atoms. The molecule has 0 saturated carbocycles. The van der Waals surface area contributed by atoms with E-state index < -0.39 is 10.0 Å².